The van der Waals surface area contributed by atoms with Crippen LogP contribution < -0.4 is 27.2 Å². The Morgan fingerprint density at radius 2 is 1.87 bits per heavy atom. The summed E-state index contributed by atoms with van der Waals surface area (Å²) < 4.78 is 75.1. The van der Waals surface area contributed by atoms with E-state index in [1.54, 1.807) is 7.05 Å². The molecule has 0 spiro atoms. The minimum atomic E-state index is -4.95. The molecule has 0 bridgehead atoms. The van der Waals surface area contributed by atoms with Gasteiger partial charge in [0.2, 0.25) is 0 Å². The Morgan fingerprint density at radius 1 is 1.11 bits per heavy atom. The average molecular weight is 538 g/mol. The molecule has 0 saturated heterocycles. The summed E-state index contributed by atoms with van der Waals surface area (Å²) in [4.78, 5) is 4.40. The van der Waals surface area contributed by atoms with E-state index in [1.807, 2.05) is 23.8 Å². The van der Waals surface area contributed by atoms with Crippen LogP contribution in [-0.4, -0.2) is 29.7 Å². The summed E-state index contributed by atoms with van der Waals surface area (Å²) in [5.74, 6) is -2.12. The molecule has 0 saturated carbocycles. The number of alkyl halides is 3. The molecule has 3 aromatic rings. The van der Waals surface area contributed by atoms with Crippen molar-refractivity contribution in [3.63, 3.8) is 0 Å². The van der Waals surface area contributed by atoms with Gasteiger partial charge in [0.15, 0.2) is 5.82 Å². The van der Waals surface area contributed by atoms with Gasteiger partial charge < -0.3 is 20.9 Å². The van der Waals surface area contributed by atoms with E-state index in [0.717, 1.165) is 30.8 Å². The summed E-state index contributed by atoms with van der Waals surface area (Å²) >= 11 is 0. The smallest absolute Gasteiger partial charge is 0.396 e. The number of nitrogens with zero attached hydrogens (tertiary/aromatic N) is 2. The molecular weight excluding hydrogens is 505 g/mol. The molecule has 12 heteroatoms. The second kappa shape index (κ2) is 11.3. The Morgan fingerprint density at radius 3 is 2.50 bits per heavy atom. The fraction of sp³-hybridized carbons (Fsp3) is 0.423. The maximum atomic E-state index is 16.2. The minimum absolute atomic E-state index is 0.0658. The van der Waals surface area contributed by atoms with E-state index in [9.17, 15) is 17.6 Å². The number of aromatic nitrogens is 2. The fourth-order valence-corrected chi connectivity index (χ4v) is 4.64. The van der Waals surface area contributed by atoms with Crippen LogP contribution in [0.1, 0.15) is 47.0 Å². The van der Waals surface area contributed by atoms with Gasteiger partial charge in [-0.15, -0.1) is 0 Å². The molecular formula is C26H32F5N7. The van der Waals surface area contributed by atoms with Crippen LogP contribution in [0.4, 0.5) is 33.3 Å². The van der Waals surface area contributed by atoms with Gasteiger partial charge in [0.1, 0.15) is 11.5 Å². The van der Waals surface area contributed by atoms with Crippen molar-refractivity contribution in [1.29, 1.82) is 0 Å². The minimum Gasteiger partial charge on any atom is -0.396 e. The molecule has 1 aliphatic rings. The van der Waals surface area contributed by atoms with Gasteiger partial charge in [-0.2, -0.15) is 13.2 Å². The zero-order valence-corrected chi connectivity index (χ0v) is 21.5. The lowest BCUT2D eigenvalue weighted by atomic mass is 9.94. The third-order valence-electron chi connectivity index (χ3n) is 6.52. The molecule has 0 atom stereocenters. The van der Waals surface area contributed by atoms with Crippen LogP contribution in [-0.2, 0) is 32.2 Å². The molecule has 4 rings (SSSR count). The number of hydrogen-bond donors (Lipinski definition) is 5. The highest BCUT2D eigenvalue weighted by Crippen LogP contribution is 2.43. The summed E-state index contributed by atoms with van der Waals surface area (Å²) in [7, 11) is 1.74. The number of fused-ring (bicyclic) bond motifs is 1. The van der Waals surface area contributed by atoms with Crippen molar-refractivity contribution in [3.8, 4) is 11.3 Å². The van der Waals surface area contributed by atoms with Gasteiger partial charge in [0.05, 0.1) is 23.5 Å². The van der Waals surface area contributed by atoms with Crippen molar-refractivity contribution < 1.29 is 22.0 Å². The number of pyridine rings is 1. The fourth-order valence-electron chi connectivity index (χ4n) is 4.64. The maximum Gasteiger partial charge on any atom is 0.417 e. The van der Waals surface area contributed by atoms with Gasteiger partial charge in [-0.1, -0.05) is 13.3 Å². The number of hydrogen-bond acceptors (Lipinski definition) is 6. The highest BCUT2D eigenvalue weighted by Gasteiger charge is 2.39. The Hall–Kier alpha value is -3.22. The summed E-state index contributed by atoms with van der Waals surface area (Å²) in [6, 6.07) is 2.81. The molecule has 6 N–H and O–H groups in total. The van der Waals surface area contributed by atoms with Crippen LogP contribution in [0.5, 0.6) is 0 Å². The standard InChI is InChI=1S/C26H32F5N7/c1-4-5-20-18(11-34-6-7-36-33-3)24(35-10-15-8-16-13-38(16)12-15)23(28)25(37-20)17-9-19(32)22(27)14(2)21(17)26(29,30)31/h8-9,12,33-34,36H,4-7,10-11,13,32H2,1-3H3,(H,35,37). The Kier molecular flexibility index (Phi) is 8.24. The molecule has 0 radical (unpaired) electrons. The van der Waals surface area contributed by atoms with Crippen LogP contribution in [0.25, 0.3) is 11.3 Å². The molecule has 1 aromatic carbocycles. The number of anilines is 2. The monoisotopic (exact) mass is 537 g/mol. The number of nitrogen functional groups attached to an aromatic ring is 1. The van der Waals surface area contributed by atoms with Crippen LogP contribution >= 0.6 is 0 Å². The first-order chi connectivity index (χ1) is 18.1. The van der Waals surface area contributed by atoms with Crippen LogP contribution in [0.2, 0.25) is 0 Å². The molecule has 0 unspecified atom stereocenters. The van der Waals surface area contributed by atoms with E-state index >= 15 is 4.39 Å². The molecule has 0 aliphatic carbocycles. The van der Waals surface area contributed by atoms with Crippen molar-refractivity contribution in [2.45, 2.75) is 52.5 Å². The summed E-state index contributed by atoms with van der Waals surface area (Å²) in [6.07, 6.45) is -1.96. The van der Waals surface area contributed by atoms with Gasteiger partial charge >= 0.3 is 6.18 Å². The second-order valence-corrected chi connectivity index (χ2v) is 9.32. The Labute approximate surface area is 218 Å². The first-order valence-electron chi connectivity index (χ1n) is 12.5. The highest BCUT2D eigenvalue weighted by atomic mass is 19.4. The molecule has 0 amide bonds. The lowest BCUT2D eigenvalue weighted by Crippen LogP contribution is -2.34. The van der Waals surface area contributed by atoms with Crippen LogP contribution in [0.3, 0.4) is 0 Å². The van der Waals surface area contributed by atoms with Crippen molar-refractivity contribution in [2.75, 3.05) is 31.2 Å². The lowest BCUT2D eigenvalue weighted by molar-refractivity contribution is -0.137. The Bertz CT molecular complexity index is 1300. The predicted octanol–water partition coefficient (Wildman–Crippen LogP) is 4.48. The third kappa shape index (κ3) is 5.77. The molecule has 206 valence electrons. The molecule has 1 aliphatic heterocycles. The predicted molar refractivity (Wildman–Crippen MR) is 137 cm³/mol. The maximum absolute atomic E-state index is 16.2. The molecule has 7 nitrogen and oxygen atoms in total. The molecule has 38 heavy (non-hydrogen) atoms. The number of benzene rings is 1. The summed E-state index contributed by atoms with van der Waals surface area (Å²) in [6.45, 7) is 5.43. The topological polar surface area (TPSA) is 92.0 Å². The SMILES string of the molecule is CCCc1nc(-c2cc(N)c(F)c(C)c2C(F)(F)F)c(F)c(NCc2cc3n(c2)C3)c1CNCCNNC. The number of halogens is 5. The number of hydrazine groups is 1. The van der Waals surface area contributed by atoms with Gasteiger partial charge in [-0.25, -0.2) is 13.8 Å². The number of nitrogens with two attached hydrogens (primary N) is 1. The van der Waals surface area contributed by atoms with Crippen LogP contribution in [0.15, 0.2) is 18.3 Å². The second-order valence-electron chi connectivity index (χ2n) is 9.32. The average Bonchev–Trinajstić information content (AvgIpc) is 3.47. The number of aryl methyl sites for hydroxylation is 1. The van der Waals surface area contributed by atoms with Gasteiger partial charge in [0, 0.05) is 54.9 Å². The zero-order chi connectivity index (χ0) is 27.6. The normalized spacial score (nSPS) is 12.6. The highest BCUT2D eigenvalue weighted by molar-refractivity contribution is 5.76. The summed E-state index contributed by atoms with van der Waals surface area (Å²) in [5.41, 5.74) is 11.0. The number of rotatable bonds is 12. The zero-order valence-electron chi connectivity index (χ0n) is 21.5. The molecule has 3 heterocycles. The third-order valence-corrected chi connectivity index (χ3v) is 6.52. The van der Waals surface area contributed by atoms with E-state index in [4.69, 9.17) is 5.73 Å². The van der Waals surface area contributed by atoms with Crippen LogP contribution in [0, 0.1) is 18.6 Å². The molecule has 2 aromatic heterocycles. The van der Waals surface area contributed by atoms with Crippen molar-refractivity contribution in [3.05, 3.63) is 63.6 Å². The van der Waals surface area contributed by atoms with Crippen molar-refractivity contribution in [2.24, 2.45) is 0 Å². The molecule has 0 fully saturated rings. The van der Waals surface area contributed by atoms with Crippen molar-refractivity contribution >= 4 is 11.4 Å². The Balaban J connectivity index is 1.84. The number of nitrogens with one attached hydrogen (secondary N) is 4. The van der Waals surface area contributed by atoms with Gasteiger partial charge in [-0.05, 0) is 43.7 Å². The summed E-state index contributed by atoms with van der Waals surface area (Å²) in [5, 5.41) is 6.35. The van der Waals surface area contributed by atoms with Crippen molar-refractivity contribution in [1.82, 2.24) is 25.7 Å². The van der Waals surface area contributed by atoms with Gasteiger partial charge in [-0.3, -0.25) is 10.9 Å². The first-order valence-corrected chi connectivity index (χ1v) is 12.5. The van der Waals surface area contributed by atoms with Gasteiger partial charge in [0.25, 0.3) is 0 Å². The first kappa shape index (κ1) is 27.8. The van der Waals surface area contributed by atoms with E-state index < -0.39 is 45.9 Å². The largest absolute Gasteiger partial charge is 0.417 e. The van der Waals surface area contributed by atoms with E-state index in [-0.39, 0.29) is 18.8 Å². The van der Waals surface area contributed by atoms with E-state index in [1.165, 1.54) is 0 Å². The lowest BCUT2D eigenvalue weighted by Gasteiger charge is -2.22. The quantitative estimate of drug-likeness (QED) is 0.0793. The van der Waals surface area contributed by atoms with E-state index in [2.05, 4.69) is 26.5 Å². The van der Waals surface area contributed by atoms with E-state index in [0.29, 0.717) is 37.2 Å².